The van der Waals surface area contributed by atoms with Crippen molar-refractivity contribution in [3.8, 4) is 0 Å². The van der Waals surface area contributed by atoms with Gasteiger partial charge in [-0.3, -0.25) is 9.59 Å². The van der Waals surface area contributed by atoms with Crippen molar-refractivity contribution in [2.75, 3.05) is 25.5 Å². The molecule has 0 aromatic heterocycles. The number of benzene rings is 1. The molecule has 0 saturated heterocycles. The van der Waals surface area contributed by atoms with Crippen LogP contribution < -0.4 is 4.90 Å². The first-order valence-corrected chi connectivity index (χ1v) is 9.32. The van der Waals surface area contributed by atoms with Crippen molar-refractivity contribution < 1.29 is 14.3 Å². The van der Waals surface area contributed by atoms with Crippen LogP contribution >= 0.6 is 0 Å². The Hall–Kier alpha value is -1.88. The minimum atomic E-state index is -0.364. The van der Waals surface area contributed by atoms with Crippen molar-refractivity contribution in [3.63, 3.8) is 0 Å². The first kappa shape index (κ1) is 17.9. The van der Waals surface area contributed by atoms with Gasteiger partial charge in [-0.2, -0.15) is 0 Å². The van der Waals surface area contributed by atoms with Crippen LogP contribution in [0.3, 0.4) is 0 Å². The number of amides is 2. The molecule has 1 heterocycles. The van der Waals surface area contributed by atoms with Gasteiger partial charge in [0, 0.05) is 31.9 Å². The van der Waals surface area contributed by atoms with E-state index in [2.05, 4.69) is 0 Å². The highest BCUT2D eigenvalue weighted by Gasteiger charge is 2.32. The Balaban J connectivity index is 1.74. The van der Waals surface area contributed by atoms with Crippen molar-refractivity contribution in [3.05, 3.63) is 29.3 Å². The summed E-state index contributed by atoms with van der Waals surface area (Å²) in [4.78, 5) is 28.5. The molecule has 5 nitrogen and oxygen atoms in total. The SMILES string of the molecule is CC[C@H](OC1CCCC1)C(=O)N1CCc2cc(C(=O)N(C)C)ccc21. The predicted octanol–water partition coefficient (Wildman–Crippen LogP) is 3.02. The van der Waals surface area contributed by atoms with E-state index in [1.807, 2.05) is 30.0 Å². The number of carbonyl (C=O) groups is 2. The number of fused-ring (bicyclic) bond motifs is 1. The fourth-order valence-corrected chi connectivity index (χ4v) is 3.78. The number of ether oxygens (including phenoxy) is 1. The quantitative estimate of drug-likeness (QED) is 0.825. The zero-order chi connectivity index (χ0) is 18.0. The highest BCUT2D eigenvalue weighted by Crippen LogP contribution is 2.31. The number of rotatable bonds is 5. The second-order valence-electron chi connectivity index (χ2n) is 7.22. The van der Waals surface area contributed by atoms with Crippen molar-refractivity contribution in [2.45, 2.75) is 57.7 Å². The summed E-state index contributed by atoms with van der Waals surface area (Å²) in [6.45, 7) is 2.67. The molecule has 0 bridgehead atoms. The highest BCUT2D eigenvalue weighted by molar-refractivity contribution is 6.00. The van der Waals surface area contributed by atoms with Crippen LogP contribution in [0.25, 0.3) is 0 Å². The van der Waals surface area contributed by atoms with E-state index in [9.17, 15) is 9.59 Å². The molecule has 5 heteroatoms. The second-order valence-corrected chi connectivity index (χ2v) is 7.22. The lowest BCUT2D eigenvalue weighted by Gasteiger charge is -2.26. The Bertz CT molecular complexity index is 650. The van der Waals surface area contributed by atoms with E-state index < -0.39 is 0 Å². The molecule has 0 N–H and O–H groups in total. The van der Waals surface area contributed by atoms with Gasteiger partial charge in [-0.25, -0.2) is 0 Å². The van der Waals surface area contributed by atoms with Gasteiger partial charge >= 0.3 is 0 Å². The minimum absolute atomic E-state index is 0.0106. The van der Waals surface area contributed by atoms with Crippen LogP contribution in [-0.4, -0.2) is 49.6 Å². The molecule has 1 atom stereocenters. The van der Waals surface area contributed by atoms with Gasteiger partial charge in [-0.15, -0.1) is 0 Å². The van der Waals surface area contributed by atoms with Crippen LogP contribution in [0.1, 0.15) is 54.9 Å². The molecule has 136 valence electrons. The molecule has 2 amide bonds. The number of hydrogen-bond donors (Lipinski definition) is 0. The Morgan fingerprint density at radius 3 is 2.64 bits per heavy atom. The average molecular weight is 344 g/mol. The molecule has 1 aromatic carbocycles. The monoisotopic (exact) mass is 344 g/mol. The van der Waals surface area contributed by atoms with Gasteiger partial charge in [0.1, 0.15) is 6.10 Å². The first-order valence-electron chi connectivity index (χ1n) is 9.32. The fourth-order valence-electron chi connectivity index (χ4n) is 3.78. The van der Waals surface area contributed by atoms with Crippen LogP contribution in [0.15, 0.2) is 18.2 Å². The van der Waals surface area contributed by atoms with Gasteiger partial charge < -0.3 is 14.5 Å². The highest BCUT2D eigenvalue weighted by atomic mass is 16.5. The van der Waals surface area contributed by atoms with Crippen molar-refractivity contribution >= 4 is 17.5 Å². The Labute approximate surface area is 149 Å². The fraction of sp³-hybridized carbons (Fsp3) is 0.600. The molecule has 0 unspecified atom stereocenters. The molecule has 1 aliphatic heterocycles. The molecule has 2 aliphatic rings. The first-order chi connectivity index (χ1) is 12.0. The molecule has 0 spiro atoms. The Kier molecular flexibility index (Phi) is 5.42. The van der Waals surface area contributed by atoms with E-state index in [4.69, 9.17) is 4.74 Å². The minimum Gasteiger partial charge on any atom is -0.365 e. The van der Waals surface area contributed by atoms with Gasteiger partial charge in [-0.05, 0) is 49.4 Å². The Morgan fingerprint density at radius 2 is 2.00 bits per heavy atom. The molecule has 0 radical (unpaired) electrons. The lowest BCUT2D eigenvalue weighted by atomic mass is 10.1. The summed E-state index contributed by atoms with van der Waals surface area (Å²) in [7, 11) is 3.50. The van der Waals surface area contributed by atoms with E-state index in [1.54, 1.807) is 19.0 Å². The lowest BCUT2D eigenvalue weighted by molar-refractivity contribution is -0.133. The van der Waals surface area contributed by atoms with Crippen molar-refractivity contribution in [1.29, 1.82) is 0 Å². The number of hydrogen-bond acceptors (Lipinski definition) is 3. The molecule has 1 aliphatic carbocycles. The lowest BCUT2D eigenvalue weighted by Crippen LogP contribution is -2.40. The van der Waals surface area contributed by atoms with E-state index in [0.717, 1.165) is 30.5 Å². The third kappa shape index (κ3) is 3.71. The molecule has 3 rings (SSSR count). The summed E-state index contributed by atoms with van der Waals surface area (Å²) in [5.74, 6) is 0.0448. The molecule has 1 aromatic rings. The van der Waals surface area contributed by atoms with E-state index in [1.165, 1.54) is 12.8 Å². The van der Waals surface area contributed by atoms with E-state index in [-0.39, 0.29) is 24.0 Å². The maximum atomic E-state index is 13.0. The predicted molar refractivity (Wildman–Crippen MR) is 97.9 cm³/mol. The van der Waals surface area contributed by atoms with Gasteiger partial charge in [0.15, 0.2) is 0 Å². The topological polar surface area (TPSA) is 49.9 Å². The van der Waals surface area contributed by atoms with Crippen LogP contribution in [0.2, 0.25) is 0 Å². The third-order valence-corrected chi connectivity index (χ3v) is 5.20. The molecule has 1 saturated carbocycles. The van der Waals surface area contributed by atoms with E-state index in [0.29, 0.717) is 18.5 Å². The summed E-state index contributed by atoms with van der Waals surface area (Å²) < 4.78 is 6.09. The molecular formula is C20H28N2O3. The van der Waals surface area contributed by atoms with Crippen LogP contribution in [0.5, 0.6) is 0 Å². The molecular weight excluding hydrogens is 316 g/mol. The smallest absolute Gasteiger partial charge is 0.256 e. The number of anilines is 1. The summed E-state index contributed by atoms with van der Waals surface area (Å²) >= 11 is 0. The second kappa shape index (κ2) is 7.56. The maximum absolute atomic E-state index is 13.0. The largest absolute Gasteiger partial charge is 0.365 e. The van der Waals surface area contributed by atoms with Crippen LogP contribution in [-0.2, 0) is 16.0 Å². The number of carbonyl (C=O) groups excluding carboxylic acids is 2. The van der Waals surface area contributed by atoms with Crippen molar-refractivity contribution in [2.24, 2.45) is 0 Å². The van der Waals surface area contributed by atoms with Gasteiger partial charge in [0.05, 0.1) is 6.10 Å². The average Bonchev–Trinajstić information content (AvgIpc) is 3.27. The normalized spacial score (nSPS) is 18.3. The summed E-state index contributed by atoms with van der Waals surface area (Å²) in [5, 5.41) is 0. The van der Waals surface area contributed by atoms with Crippen LogP contribution in [0, 0.1) is 0 Å². The summed E-state index contributed by atoms with van der Waals surface area (Å²) in [5.41, 5.74) is 2.66. The number of nitrogens with zero attached hydrogens (tertiary/aromatic N) is 2. The summed E-state index contributed by atoms with van der Waals surface area (Å²) in [6, 6.07) is 5.63. The van der Waals surface area contributed by atoms with Gasteiger partial charge in [0.2, 0.25) is 0 Å². The Morgan fingerprint density at radius 1 is 1.28 bits per heavy atom. The third-order valence-electron chi connectivity index (χ3n) is 5.20. The summed E-state index contributed by atoms with van der Waals surface area (Å²) in [6.07, 6.45) is 5.88. The molecule has 25 heavy (non-hydrogen) atoms. The standard InChI is InChI=1S/C20H28N2O3/c1-4-18(25-16-7-5-6-8-16)20(24)22-12-11-14-13-15(9-10-17(14)22)19(23)21(2)3/h9-10,13,16,18H,4-8,11-12H2,1-3H3/t18-/m0/s1. The van der Waals surface area contributed by atoms with Crippen molar-refractivity contribution in [1.82, 2.24) is 4.90 Å². The van der Waals surface area contributed by atoms with E-state index >= 15 is 0 Å². The molecule has 1 fully saturated rings. The van der Waals surface area contributed by atoms with Gasteiger partial charge in [-0.1, -0.05) is 19.8 Å². The maximum Gasteiger partial charge on any atom is 0.256 e. The zero-order valence-electron chi connectivity index (χ0n) is 15.5. The van der Waals surface area contributed by atoms with Crippen LogP contribution in [0.4, 0.5) is 5.69 Å². The zero-order valence-corrected chi connectivity index (χ0v) is 15.5. The van der Waals surface area contributed by atoms with Gasteiger partial charge in [0.25, 0.3) is 11.8 Å².